The van der Waals surface area contributed by atoms with Crippen molar-refractivity contribution in [3.05, 3.63) is 40.9 Å². The average molecular weight is 237 g/mol. The molecule has 0 fully saturated rings. The number of fused-ring (bicyclic) bond motifs is 1. The van der Waals surface area contributed by atoms with Gasteiger partial charge in [0, 0.05) is 5.02 Å². The van der Waals surface area contributed by atoms with Crippen LogP contribution in [0.4, 0.5) is 0 Å². The first-order valence-corrected chi connectivity index (χ1v) is 5.07. The average Bonchev–Trinajstić information content (AvgIpc) is 2.22. The summed E-state index contributed by atoms with van der Waals surface area (Å²) >= 11 is 5.95. The quantitative estimate of drug-likeness (QED) is 0.843. The topological polar surface area (TPSA) is 57.5 Å². The first kappa shape index (κ1) is 10.8. The molecule has 0 unspecified atom stereocenters. The smallest absolute Gasteiger partial charge is 0.307 e. The van der Waals surface area contributed by atoms with E-state index in [1.54, 1.807) is 24.3 Å². The van der Waals surface area contributed by atoms with Crippen LogP contribution in [0.2, 0.25) is 5.02 Å². The van der Waals surface area contributed by atoms with E-state index in [1.807, 2.05) is 0 Å². The van der Waals surface area contributed by atoms with Crippen molar-refractivity contribution in [3.8, 4) is 5.75 Å². The SMILES string of the molecule is O=C(O)Cc1c(Cl)ccc2ccc(O)cc12. The highest BCUT2D eigenvalue weighted by atomic mass is 35.5. The Morgan fingerprint density at radius 1 is 1.25 bits per heavy atom. The van der Waals surface area contributed by atoms with Crippen LogP contribution in [-0.2, 0) is 11.2 Å². The zero-order chi connectivity index (χ0) is 11.7. The lowest BCUT2D eigenvalue weighted by atomic mass is 10.0. The lowest BCUT2D eigenvalue weighted by Gasteiger charge is -2.07. The molecule has 82 valence electrons. The summed E-state index contributed by atoms with van der Waals surface area (Å²) in [6.45, 7) is 0. The lowest BCUT2D eigenvalue weighted by molar-refractivity contribution is -0.136. The summed E-state index contributed by atoms with van der Waals surface area (Å²) in [4.78, 5) is 10.7. The number of aromatic hydroxyl groups is 1. The molecule has 2 aromatic rings. The molecule has 0 aromatic heterocycles. The molecule has 4 heteroatoms. The molecule has 0 aliphatic rings. The van der Waals surface area contributed by atoms with E-state index in [0.29, 0.717) is 16.0 Å². The summed E-state index contributed by atoms with van der Waals surface area (Å²) in [5, 5.41) is 20.1. The third-order valence-corrected chi connectivity index (χ3v) is 2.74. The summed E-state index contributed by atoms with van der Waals surface area (Å²) in [5.74, 6) is -0.848. The van der Waals surface area contributed by atoms with E-state index in [-0.39, 0.29) is 12.2 Å². The maximum atomic E-state index is 10.7. The third-order valence-electron chi connectivity index (χ3n) is 2.39. The standard InChI is InChI=1S/C12H9ClO3/c13-11-4-2-7-1-3-8(14)5-9(7)10(11)6-12(15)16/h1-5,14H,6H2,(H,15,16). The molecule has 0 saturated carbocycles. The number of benzene rings is 2. The summed E-state index contributed by atoms with van der Waals surface area (Å²) in [6.07, 6.45) is -0.153. The van der Waals surface area contributed by atoms with Crippen LogP contribution in [0.15, 0.2) is 30.3 Å². The number of carbonyl (C=O) groups is 1. The lowest BCUT2D eigenvalue weighted by Crippen LogP contribution is -2.01. The van der Waals surface area contributed by atoms with E-state index in [2.05, 4.69) is 0 Å². The molecule has 0 amide bonds. The number of rotatable bonds is 2. The Morgan fingerprint density at radius 3 is 2.62 bits per heavy atom. The van der Waals surface area contributed by atoms with Gasteiger partial charge in [-0.3, -0.25) is 4.79 Å². The Kier molecular flexibility index (Phi) is 2.71. The molecular weight excluding hydrogens is 228 g/mol. The fourth-order valence-electron chi connectivity index (χ4n) is 1.67. The van der Waals surface area contributed by atoms with Crippen LogP contribution in [-0.4, -0.2) is 16.2 Å². The van der Waals surface area contributed by atoms with E-state index >= 15 is 0 Å². The van der Waals surface area contributed by atoms with Crippen molar-refractivity contribution in [2.75, 3.05) is 0 Å². The van der Waals surface area contributed by atoms with Crippen LogP contribution in [0.1, 0.15) is 5.56 Å². The van der Waals surface area contributed by atoms with E-state index in [4.69, 9.17) is 16.7 Å². The predicted octanol–water partition coefficient (Wildman–Crippen LogP) is 2.83. The van der Waals surface area contributed by atoms with Crippen molar-refractivity contribution in [1.29, 1.82) is 0 Å². The summed E-state index contributed by atoms with van der Waals surface area (Å²) in [5.41, 5.74) is 0.530. The van der Waals surface area contributed by atoms with Gasteiger partial charge in [-0.2, -0.15) is 0 Å². The molecule has 16 heavy (non-hydrogen) atoms. The molecule has 0 bridgehead atoms. The first-order chi connectivity index (χ1) is 7.58. The molecule has 0 aliphatic heterocycles. The summed E-state index contributed by atoms with van der Waals surface area (Å²) < 4.78 is 0. The Bertz CT molecular complexity index is 558. The maximum absolute atomic E-state index is 10.7. The van der Waals surface area contributed by atoms with Crippen molar-refractivity contribution >= 4 is 28.3 Å². The van der Waals surface area contributed by atoms with Crippen molar-refractivity contribution < 1.29 is 15.0 Å². The molecule has 2 aromatic carbocycles. The van der Waals surface area contributed by atoms with Gasteiger partial charge in [0.05, 0.1) is 6.42 Å². The number of phenols is 1. The molecular formula is C12H9ClO3. The van der Waals surface area contributed by atoms with E-state index in [0.717, 1.165) is 5.39 Å². The highest BCUT2D eigenvalue weighted by Gasteiger charge is 2.10. The molecule has 3 nitrogen and oxygen atoms in total. The van der Waals surface area contributed by atoms with Crippen LogP contribution >= 0.6 is 11.6 Å². The van der Waals surface area contributed by atoms with Gasteiger partial charge in [-0.15, -0.1) is 0 Å². The van der Waals surface area contributed by atoms with Gasteiger partial charge in [0.15, 0.2) is 0 Å². The zero-order valence-corrected chi connectivity index (χ0v) is 9.03. The van der Waals surface area contributed by atoms with Gasteiger partial charge >= 0.3 is 5.97 Å². The normalized spacial score (nSPS) is 10.6. The van der Waals surface area contributed by atoms with Gasteiger partial charge in [-0.1, -0.05) is 23.7 Å². The van der Waals surface area contributed by atoms with E-state index in [9.17, 15) is 9.90 Å². The second-order valence-corrected chi connectivity index (χ2v) is 3.91. The molecule has 2 N–H and O–H groups in total. The largest absolute Gasteiger partial charge is 0.508 e. The molecule has 0 heterocycles. The molecule has 0 spiro atoms. The van der Waals surface area contributed by atoms with Gasteiger partial charge in [0.2, 0.25) is 0 Å². The molecule has 0 saturated heterocycles. The van der Waals surface area contributed by atoms with E-state index < -0.39 is 5.97 Å². The predicted molar refractivity (Wildman–Crippen MR) is 62.0 cm³/mol. The highest BCUT2D eigenvalue weighted by molar-refractivity contribution is 6.32. The van der Waals surface area contributed by atoms with Gasteiger partial charge in [0.1, 0.15) is 5.75 Å². The van der Waals surface area contributed by atoms with Crippen LogP contribution in [0.3, 0.4) is 0 Å². The van der Waals surface area contributed by atoms with Gasteiger partial charge in [-0.05, 0) is 34.5 Å². The third kappa shape index (κ3) is 1.95. The highest BCUT2D eigenvalue weighted by Crippen LogP contribution is 2.29. The number of aliphatic carboxylic acids is 1. The Labute approximate surface area is 96.9 Å². The molecule has 0 atom stereocenters. The van der Waals surface area contributed by atoms with Gasteiger partial charge < -0.3 is 10.2 Å². The fourth-order valence-corrected chi connectivity index (χ4v) is 1.91. The molecule has 0 aliphatic carbocycles. The monoisotopic (exact) mass is 236 g/mol. The van der Waals surface area contributed by atoms with Crippen LogP contribution < -0.4 is 0 Å². The summed E-state index contributed by atoms with van der Waals surface area (Å²) in [6, 6.07) is 8.27. The number of hydrogen-bond acceptors (Lipinski definition) is 2. The summed E-state index contributed by atoms with van der Waals surface area (Å²) in [7, 11) is 0. The minimum Gasteiger partial charge on any atom is -0.508 e. The van der Waals surface area contributed by atoms with Gasteiger partial charge in [0.25, 0.3) is 0 Å². The second kappa shape index (κ2) is 4.02. The second-order valence-electron chi connectivity index (χ2n) is 3.50. The number of halogens is 1. The minimum atomic E-state index is -0.947. The van der Waals surface area contributed by atoms with Gasteiger partial charge in [-0.25, -0.2) is 0 Å². The molecule has 2 rings (SSSR count). The number of hydrogen-bond donors (Lipinski definition) is 2. The minimum absolute atomic E-state index is 0.0985. The Hall–Kier alpha value is -1.74. The van der Waals surface area contributed by atoms with Crippen LogP contribution in [0, 0.1) is 0 Å². The van der Waals surface area contributed by atoms with E-state index in [1.165, 1.54) is 6.07 Å². The van der Waals surface area contributed by atoms with Crippen LogP contribution in [0.5, 0.6) is 5.75 Å². The number of carboxylic acid groups (broad SMARTS) is 1. The number of carboxylic acids is 1. The Morgan fingerprint density at radius 2 is 1.94 bits per heavy atom. The maximum Gasteiger partial charge on any atom is 0.307 e. The number of phenolic OH excluding ortho intramolecular Hbond substituents is 1. The first-order valence-electron chi connectivity index (χ1n) is 4.70. The van der Waals surface area contributed by atoms with Crippen molar-refractivity contribution in [3.63, 3.8) is 0 Å². The van der Waals surface area contributed by atoms with Crippen molar-refractivity contribution in [2.24, 2.45) is 0 Å². The molecule has 0 radical (unpaired) electrons. The Balaban J connectivity index is 2.72. The van der Waals surface area contributed by atoms with Crippen molar-refractivity contribution in [2.45, 2.75) is 6.42 Å². The van der Waals surface area contributed by atoms with Crippen LogP contribution in [0.25, 0.3) is 10.8 Å². The zero-order valence-electron chi connectivity index (χ0n) is 8.27. The van der Waals surface area contributed by atoms with Crippen molar-refractivity contribution in [1.82, 2.24) is 0 Å². The fraction of sp³-hybridized carbons (Fsp3) is 0.0833.